The summed E-state index contributed by atoms with van der Waals surface area (Å²) >= 11 is 0. The molecule has 0 saturated carbocycles. The second kappa shape index (κ2) is 5.65. The lowest BCUT2D eigenvalue weighted by molar-refractivity contribution is 0.234. The summed E-state index contributed by atoms with van der Waals surface area (Å²) in [4.78, 5) is 0. The lowest BCUT2D eigenvalue weighted by Crippen LogP contribution is -2.47. The number of aliphatic hydroxyl groups is 1. The molecule has 0 heterocycles. The zero-order chi connectivity index (χ0) is 11.4. The highest BCUT2D eigenvalue weighted by Gasteiger charge is 2.24. The van der Waals surface area contributed by atoms with Crippen LogP contribution in [0.15, 0.2) is 0 Å². The smallest absolute Gasteiger partial charge is 0.279 e. The molecule has 0 unspecified atom stereocenters. The number of hydrogen-bond donors (Lipinski definition) is 2. The Morgan fingerprint density at radius 3 is 2.07 bits per heavy atom. The van der Waals surface area contributed by atoms with Gasteiger partial charge in [-0.1, -0.05) is 0 Å². The molecule has 0 aliphatic heterocycles. The van der Waals surface area contributed by atoms with Gasteiger partial charge in [0.1, 0.15) is 0 Å². The predicted octanol–water partition coefficient (Wildman–Crippen LogP) is -0.0681. The third-order valence-electron chi connectivity index (χ3n) is 1.59. The van der Waals surface area contributed by atoms with Gasteiger partial charge in [-0.15, -0.1) is 0 Å². The fourth-order valence-corrected chi connectivity index (χ4v) is 2.73. The summed E-state index contributed by atoms with van der Waals surface area (Å²) in [5.74, 6) is 0. The third kappa shape index (κ3) is 4.36. The molecule has 0 rings (SSSR count). The molecular weight excluding hydrogens is 204 g/mol. The van der Waals surface area contributed by atoms with Crippen LogP contribution in [0.5, 0.6) is 0 Å². The van der Waals surface area contributed by atoms with Gasteiger partial charge in [0.25, 0.3) is 10.2 Å². The van der Waals surface area contributed by atoms with Gasteiger partial charge in [-0.05, 0) is 27.7 Å². The van der Waals surface area contributed by atoms with Crippen molar-refractivity contribution < 1.29 is 13.5 Å². The summed E-state index contributed by atoms with van der Waals surface area (Å²) in [7, 11) is -3.46. The quantitative estimate of drug-likeness (QED) is 0.663. The monoisotopic (exact) mass is 224 g/mol. The van der Waals surface area contributed by atoms with E-state index in [1.165, 1.54) is 4.31 Å². The minimum absolute atomic E-state index is 0.125. The van der Waals surface area contributed by atoms with Crippen molar-refractivity contribution in [1.29, 1.82) is 0 Å². The van der Waals surface area contributed by atoms with Crippen LogP contribution in [0.1, 0.15) is 27.7 Å². The van der Waals surface area contributed by atoms with Gasteiger partial charge in [0.2, 0.25) is 0 Å². The molecule has 14 heavy (non-hydrogen) atoms. The van der Waals surface area contributed by atoms with Crippen LogP contribution in [-0.4, -0.2) is 43.1 Å². The Morgan fingerprint density at radius 2 is 1.79 bits per heavy atom. The molecule has 5 nitrogen and oxygen atoms in total. The van der Waals surface area contributed by atoms with Gasteiger partial charge in [0.05, 0.1) is 6.61 Å². The second-order valence-electron chi connectivity index (χ2n) is 3.71. The lowest BCUT2D eigenvalue weighted by Gasteiger charge is -2.26. The molecule has 0 aromatic carbocycles. The van der Waals surface area contributed by atoms with Crippen molar-refractivity contribution in [3.8, 4) is 0 Å². The van der Waals surface area contributed by atoms with Gasteiger partial charge >= 0.3 is 0 Å². The average Bonchev–Trinajstić information content (AvgIpc) is 1.96. The van der Waals surface area contributed by atoms with E-state index in [9.17, 15) is 8.42 Å². The van der Waals surface area contributed by atoms with Crippen LogP contribution in [0.25, 0.3) is 0 Å². The Kier molecular flexibility index (Phi) is 5.58. The Labute approximate surface area is 86.3 Å². The molecule has 2 N–H and O–H groups in total. The Hall–Kier alpha value is -0.170. The maximum Gasteiger partial charge on any atom is 0.279 e. The summed E-state index contributed by atoms with van der Waals surface area (Å²) in [5.41, 5.74) is 0. The molecule has 0 aromatic heterocycles. The number of nitrogens with one attached hydrogen (secondary N) is 1. The minimum atomic E-state index is -3.46. The lowest BCUT2D eigenvalue weighted by atomic mass is 10.4. The molecule has 86 valence electrons. The zero-order valence-electron chi connectivity index (χ0n) is 9.19. The highest BCUT2D eigenvalue weighted by Crippen LogP contribution is 2.04. The molecule has 0 saturated heterocycles. The van der Waals surface area contributed by atoms with Gasteiger partial charge in [0.15, 0.2) is 0 Å². The topological polar surface area (TPSA) is 69.6 Å². The van der Waals surface area contributed by atoms with Gasteiger partial charge in [0, 0.05) is 18.6 Å². The van der Waals surface area contributed by atoms with Crippen molar-refractivity contribution in [2.45, 2.75) is 39.8 Å². The fourth-order valence-electron chi connectivity index (χ4n) is 1.12. The maximum atomic E-state index is 11.7. The zero-order valence-corrected chi connectivity index (χ0v) is 10.0. The molecule has 0 aliphatic carbocycles. The molecule has 0 atom stereocenters. The maximum absolute atomic E-state index is 11.7. The van der Waals surface area contributed by atoms with Gasteiger partial charge < -0.3 is 5.11 Å². The van der Waals surface area contributed by atoms with E-state index in [2.05, 4.69) is 4.72 Å². The highest BCUT2D eigenvalue weighted by atomic mass is 32.2. The molecule has 6 heteroatoms. The molecule has 0 fully saturated rings. The highest BCUT2D eigenvalue weighted by molar-refractivity contribution is 7.87. The molecule has 0 amide bonds. The van der Waals surface area contributed by atoms with Crippen molar-refractivity contribution >= 4 is 10.2 Å². The Morgan fingerprint density at radius 1 is 1.29 bits per heavy atom. The van der Waals surface area contributed by atoms with Gasteiger partial charge in [-0.3, -0.25) is 0 Å². The largest absolute Gasteiger partial charge is 0.395 e. The first-order valence-corrected chi connectivity index (χ1v) is 6.15. The molecule has 0 aromatic rings. The average molecular weight is 224 g/mol. The van der Waals surface area contributed by atoms with Crippen LogP contribution >= 0.6 is 0 Å². The molecular formula is C8H20N2O3S. The Balaban J connectivity index is 4.63. The molecule has 0 radical (unpaired) electrons. The molecule has 0 aliphatic rings. The van der Waals surface area contributed by atoms with Gasteiger partial charge in [-0.25, -0.2) is 0 Å². The first-order chi connectivity index (χ1) is 6.31. The van der Waals surface area contributed by atoms with Crippen LogP contribution in [-0.2, 0) is 10.2 Å². The summed E-state index contributed by atoms with van der Waals surface area (Å²) in [6.07, 6.45) is 0. The first-order valence-electron chi connectivity index (χ1n) is 4.71. The number of rotatable bonds is 6. The standard InChI is InChI=1S/C8H20N2O3S/c1-7(2)9-14(12,13)10(5-6-11)8(3)4/h7-9,11H,5-6H2,1-4H3. The second-order valence-corrected chi connectivity index (χ2v) is 5.36. The van der Waals surface area contributed by atoms with E-state index in [1.54, 1.807) is 27.7 Å². The number of nitrogens with zero attached hydrogens (tertiary/aromatic N) is 1. The van der Waals surface area contributed by atoms with E-state index in [0.717, 1.165) is 0 Å². The summed E-state index contributed by atoms with van der Waals surface area (Å²) in [6, 6.07) is -0.293. The van der Waals surface area contributed by atoms with E-state index in [0.29, 0.717) is 0 Å². The Bertz CT molecular complexity index is 249. The van der Waals surface area contributed by atoms with Crippen LogP contribution in [0.2, 0.25) is 0 Å². The third-order valence-corrected chi connectivity index (χ3v) is 3.58. The SMILES string of the molecule is CC(C)NS(=O)(=O)N(CCO)C(C)C. The van der Waals surface area contributed by atoms with Crippen LogP contribution < -0.4 is 4.72 Å². The van der Waals surface area contributed by atoms with E-state index < -0.39 is 10.2 Å². The normalized spacial score (nSPS) is 13.1. The molecule has 0 bridgehead atoms. The first kappa shape index (κ1) is 13.8. The van der Waals surface area contributed by atoms with E-state index >= 15 is 0 Å². The summed E-state index contributed by atoms with van der Waals surface area (Å²) in [6.45, 7) is 7.02. The summed E-state index contributed by atoms with van der Waals surface area (Å²) < 4.78 is 27.1. The molecule has 0 spiro atoms. The predicted molar refractivity (Wildman–Crippen MR) is 56.1 cm³/mol. The van der Waals surface area contributed by atoms with Crippen LogP contribution in [0.3, 0.4) is 0 Å². The van der Waals surface area contributed by atoms with Crippen LogP contribution in [0, 0.1) is 0 Å². The van der Waals surface area contributed by atoms with Crippen molar-refractivity contribution in [2.75, 3.05) is 13.2 Å². The number of aliphatic hydroxyl groups excluding tert-OH is 1. The van der Waals surface area contributed by atoms with Crippen molar-refractivity contribution in [1.82, 2.24) is 9.03 Å². The van der Waals surface area contributed by atoms with Gasteiger partial charge in [-0.2, -0.15) is 17.4 Å². The van der Waals surface area contributed by atoms with E-state index in [4.69, 9.17) is 5.11 Å². The fraction of sp³-hybridized carbons (Fsp3) is 1.00. The van der Waals surface area contributed by atoms with E-state index in [-0.39, 0.29) is 25.2 Å². The summed E-state index contributed by atoms with van der Waals surface area (Å²) in [5, 5.41) is 8.75. The number of hydrogen-bond acceptors (Lipinski definition) is 3. The van der Waals surface area contributed by atoms with Crippen LogP contribution in [0.4, 0.5) is 0 Å². The van der Waals surface area contributed by atoms with Crippen molar-refractivity contribution in [3.05, 3.63) is 0 Å². The van der Waals surface area contributed by atoms with Crippen molar-refractivity contribution in [3.63, 3.8) is 0 Å². The van der Waals surface area contributed by atoms with E-state index in [1.807, 2.05) is 0 Å². The minimum Gasteiger partial charge on any atom is -0.395 e. The van der Waals surface area contributed by atoms with Crippen molar-refractivity contribution in [2.24, 2.45) is 0 Å².